The first-order valence-corrected chi connectivity index (χ1v) is 9.34. The van der Waals surface area contributed by atoms with E-state index >= 15 is 0 Å². The minimum atomic E-state index is -3.15. The molecule has 0 saturated heterocycles. The Bertz CT molecular complexity index is 620. The molecule has 5 nitrogen and oxygen atoms in total. The van der Waals surface area contributed by atoms with Gasteiger partial charge in [0.1, 0.15) is 0 Å². The predicted octanol–water partition coefficient (Wildman–Crippen LogP) is 1.83. The van der Waals surface area contributed by atoms with Crippen LogP contribution in [0.15, 0.2) is 24.3 Å². The molecule has 2 rings (SSSR count). The van der Waals surface area contributed by atoms with Crippen molar-refractivity contribution in [1.29, 1.82) is 0 Å². The molecule has 2 N–H and O–H groups in total. The van der Waals surface area contributed by atoms with Crippen molar-refractivity contribution in [2.45, 2.75) is 38.6 Å². The van der Waals surface area contributed by atoms with Gasteiger partial charge < -0.3 is 5.32 Å². The van der Waals surface area contributed by atoms with Crippen molar-refractivity contribution in [3.8, 4) is 0 Å². The largest absolute Gasteiger partial charge is 0.349 e. The van der Waals surface area contributed by atoms with Crippen LogP contribution >= 0.6 is 0 Å². The summed E-state index contributed by atoms with van der Waals surface area (Å²) in [6.07, 6.45) is 3.34. The summed E-state index contributed by atoms with van der Waals surface area (Å²) in [5.74, 6) is 0.329. The van der Waals surface area contributed by atoms with E-state index in [-0.39, 0.29) is 23.6 Å². The predicted molar refractivity (Wildman–Crippen MR) is 87.2 cm³/mol. The number of carbonyl (C=O) groups is 1. The Morgan fingerprint density at radius 2 is 1.82 bits per heavy atom. The number of benzene rings is 1. The molecule has 1 aliphatic carbocycles. The maximum absolute atomic E-state index is 12.3. The zero-order valence-corrected chi connectivity index (χ0v) is 13.9. The van der Waals surface area contributed by atoms with E-state index in [1.54, 1.807) is 0 Å². The molecule has 0 unspecified atom stereocenters. The van der Waals surface area contributed by atoms with Crippen molar-refractivity contribution in [2.75, 3.05) is 12.8 Å². The maximum atomic E-state index is 12.3. The van der Waals surface area contributed by atoms with Crippen LogP contribution in [0.3, 0.4) is 0 Å². The number of carbonyl (C=O) groups excluding carboxylic acids is 1. The van der Waals surface area contributed by atoms with Crippen LogP contribution in [0, 0.1) is 12.8 Å². The number of amides is 1. The van der Waals surface area contributed by atoms with Crippen molar-refractivity contribution >= 4 is 15.9 Å². The summed E-state index contributed by atoms with van der Waals surface area (Å²) < 4.78 is 25.5. The number of hydrogen-bond donors (Lipinski definition) is 2. The Hall–Kier alpha value is -1.40. The van der Waals surface area contributed by atoms with E-state index in [2.05, 4.69) is 10.0 Å². The molecular formula is C16H24N2O3S. The molecule has 1 saturated carbocycles. The Labute approximate surface area is 132 Å². The molecule has 22 heavy (non-hydrogen) atoms. The van der Waals surface area contributed by atoms with Gasteiger partial charge in [-0.3, -0.25) is 4.79 Å². The van der Waals surface area contributed by atoms with E-state index in [0.717, 1.165) is 31.2 Å². The number of hydrogen-bond acceptors (Lipinski definition) is 3. The molecule has 6 heteroatoms. The second-order valence-corrected chi connectivity index (χ2v) is 7.96. The Morgan fingerprint density at radius 3 is 2.41 bits per heavy atom. The van der Waals surface area contributed by atoms with Crippen LogP contribution in [0.4, 0.5) is 0 Å². The van der Waals surface area contributed by atoms with E-state index in [1.165, 1.54) is 7.05 Å². The minimum Gasteiger partial charge on any atom is -0.349 e. The summed E-state index contributed by atoms with van der Waals surface area (Å²) >= 11 is 0. The Balaban J connectivity index is 1.85. The maximum Gasteiger partial charge on any atom is 0.251 e. The van der Waals surface area contributed by atoms with Crippen molar-refractivity contribution < 1.29 is 13.2 Å². The molecule has 0 radical (unpaired) electrons. The third-order valence-electron chi connectivity index (χ3n) is 4.34. The molecule has 1 aliphatic rings. The number of nitrogens with one attached hydrogen (secondary N) is 2. The van der Waals surface area contributed by atoms with Crippen LogP contribution in [0.25, 0.3) is 0 Å². The lowest BCUT2D eigenvalue weighted by molar-refractivity contribution is 0.0922. The first kappa shape index (κ1) is 17.0. The third kappa shape index (κ3) is 4.55. The second kappa shape index (κ2) is 7.24. The molecule has 1 aromatic carbocycles. The van der Waals surface area contributed by atoms with E-state index in [1.807, 2.05) is 31.2 Å². The SMILES string of the molecule is CNS(=O)(=O)CC1CCC(NC(=O)c2ccccc2C)CC1. The zero-order valence-electron chi connectivity index (χ0n) is 13.1. The number of sulfonamides is 1. The first-order chi connectivity index (χ1) is 10.4. The molecule has 0 atom stereocenters. The average molecular weight is 324 g/mol. The van der Waals surface area contributed by atoms with Crippen molar-refractivity contribution in [1.82, 2.24) is 10.0 Å². The fourth-order valence-corrected chi connectivity index (χ4v) is 4.08. The lowest BCUT2D eigenvalue weighted by atomic mass is 9.87. The van der Waals surface area contributed by atoms with Crippen molar-refractivity contribution in [2.24, 2.45) is 5.92 Å². The highest BCUT2D eigenvalue weighted by Gasteiger charge is 2.26. The summed E-state index contributed by atoms with van der Waals surface area (Å²) in [5.41, 5.74) is 1.68. The van der Waals surface area contributed by atoms with Crippen LogP contribution in [0.5, 0.6) is 0 Å². The van der Waals surface area contributed by atoms with Gasteiger partial charge in [-0.15, -0.1) is 0 Å². The number of aryl methyl sites for hydroxylation is 1. The molecule has 122 valence electrons. The van der Waals surface area contributed by atoms with Crippen LogP contribution < -0.4 is 10.0 Å². The lowest BCUT2D eigenvalue weighted by Crippen LogP contribution is -2.39. The van der Waals surface area contributed by atoms with Gasteiger partial charge in [-0.1, -0.05) is 18.2 Å². The summed E-state index contributed by atoms with van der Waals surface area (Å²) in [6, 6.07) is 7.67. The molecule has 0 spiro atoms. The average Bonchev–Trinajstić information content (AvgIpc) is 2.49. The second-order valence-electron chi connectivity index (χ2n) is 5.99. The van der Waals surface area contributed by atoms with Gasteiger partial charge in [-0.25, -0.2) is 13.1 Å². The van der Waals surface area contributed by atoms with Gasteiger partial charge in [0, 0.05) is 11.6 Å². The Morgan fingerprint density at radius 1 is 1.18 bits per heavy atom. The fraction of sp³-hybridized carbons (Fsp3) is 0.562. The number of rotatable bonds is 5. The highest BCUT2D eigenvalue weighted by atomic mass is 32.2. The van der Waals surface area contributed by atoms with E-state index < -0.39 is 10.0 Å². The molecular weight excluding hydrogens is 300 g/mol. The Kier molecular flexibility index (Phi) is 5.58. The van der Waals surface area contributed by atoms with Crippen molar-refractivity contribution in [3.63, 3.8) is 0 Å². The molecule has 1 amide bonds. The molecule has 0 aromatic heterocycles. The van der Waals surface area contributed by atoms with Gasteiger partial charge in [0.05, 0.1) is 5.75 Å². The molecule has 0 bridgehead atoms. The van der Waals surface area contributed by atoms with E-state index in [4.69, 9.17) is 0 Å². The molecule has 0 heterocycles. The standard InChI is InChI=1S/C16H24N2O3S/c1-12-5-3-4-6-15(12)16(19)18-14-9-7-13(8-10-14)11-22(20,21)17-2/h3-6,13-14,17H,7-11H2,1-2H3,(H,18,19). The monoisotopic (exact) mass is 324 g/mol. The molecule has 0 aliphatic heterocycles. The van der Waals surface area contributed by atoms with Crippen LogP contribution in [0.2, 0.25) is 0 Å². The summed E-state index contributed by atoms with van der Waals surface area (Å²) in [6.45, 7) is 1.93. The van der Waals surface area contributed by atoms with E-state index in [9.17, 15) is 13.2 Å². The summed E-state index contributed by atoms with van der Waals surface area (Å²) in [7, 11) is -1.70. The molecule has 1 aromatic rings. The third-order valence-corrected chi connectivity index (χ3v) is 5.87. The van der Waals surface area contributed by atoms with Gasteiger partial charge in [0.25, 0.3) is 5.91 Å². The van der Waals surface area contributed by atoms with Crippen LogP contribution in [-0.4, -0.2) is 33.2 Å². The van der Waals surface area contributed by atoms with Gasteiger partial charge in [-0.05, 0) is 57.2 Å². The molecule has 1 fully saturated rings. The first-order valence-electron chi connectivity index (χ1n) is 7.69. The van der Waals surface area contributed by atoms with Gasteiger partial charge in [-0.2, -0.15) is 0 Å². The lowest BCUT2D eigenvalue weighted by Gasteiger charge is -2.29. The van der Waals surface area contributed by atoms with Gasteiger partial charge in [0.2, 0.25) is 10.0 Å². The smallest absolute Gasteiger partial charge is 0.251 e. The van der Waals surface area contributed by atoms with Crippen molar-refractivity contribution in [3.05, 3.63) is 35.4 Å². The summed E-state index contributed by atoms with van der Waals surface area (Å²) in [4.78, 5) is 12.3. The highest BCUT2D eigenvalue weighted by molar-refractivity contribution is 7.89. The van der Waals surface area contributed by atoms with Crippen LogP contribution in [-0.2, 0) is 10.0 Å². The van der Waals surface area contributed by atoms with E-state index in [0.29, 0.717) is 5.56 Å². The van der Waals surface area contributed by atoms with Gasteiger partial charge in [0.15, 0.2) is 0 Å². The normalized spacial score (nSPS) is 22.3. The van der Waals surface area contributed by atoms with Gasteiger partial charge >= 0.3 is 0 Å². The zero-order chi connectivity index (χ0) is 16.2. The topological polar surface area (TPSA) is 75.3 Å². The fourth-order valence-electron chi connectivity index (χ4n) is 2.96. The highest BCUT2D eigenvalue weighted by Crippen LogP contribution is 2.25. The summed E-state index contributed by atoms with van der Waals surface area (Å²) in [5, 5.41) is 3.07. The quantitative estimate of drug-likeness (QED) is 0.868. The van der Waals surface area contributed by atoms with Crippen LogP contribution in [0.1, 0.15) is 41.6 Å². The minimum absolute atomic E-state index is 0.0376.